The predicted octanol–water partition coefficient (Wildman–Crippen LogP) is 3.31. The first kappa shape index (κ1) is 19.1. The van der Waals surface area contributed by atoms with Gasteiger partial charge in [0.15, 0.2) is 9.84 Å². The number of hydrogen-bond acceptors (Lipinski definition) is 6. The predicted molar refractivity (Wildman–Crippen MR) is 109 cm³/mol. The number of fused-ring (bicyclic) bond motifs is 1. The Kier molecular flexibility index (Phi) is 5.93. The highest BCUT2D eigenvalue weighted by atomic mass is 32.2. The van der Waals surface area contributed by atoms with Crippen LogP contribution < -0.4 is 10.6 Å². The van der Waals surface area contributed by atoms with Crippen LogP contribution in [-0.4, -0.2) is 39.9 Å². The van der Waals surface area contributed by atoms with Crippen LogP contribution in [0.5, 0.6) is 0 Å². The van der Waals surface area contributed by atoms with Crippen molar-refractivity contribution >= 4 is 32.1 Å². The van der Waals surface area contributed by atoms with Gasteiger partial charge in [-0.3, -0.25) is 4.98 Å². The van der Waals surface area contributed by atoms with Gasteiger partial charge in [-0.1, -0.05) is 18.2 Å². The lowest BCUT2D eigenvalue weighted by Gasteiger charge is -2.15. The molecule has 0 spiro atoms. The summed E-state index contributed by atoms with van der Waals surface area (Å²) in [6.07, 6.45) is 3.03. The normalized spacial score (nSPS) is 11.5. The van der Waals surface area contributed by atoms with E-state index < -0.39 is 9.84 Å². The van der Waals surface area contributed by atoms with E-state index in [1.54, 1.807) is 25.3 Å². The summed E-state index contributed by atoms with van der Waals surface area (Å²) >= 11 is 0. The SMILES string of the molecule is COCCNc1ccc(S(C)(=O)=O)cc1NCc1cnc2ccccc2c1. The number of benzene rings is 2. The van der Waals surface area contributed by atoms with Crippen molar-refractivity contribution in [1.29, 1.82) is 0 Å². The second-order valence-electron chi connectivity index (χ2n) is 6.29. The molecular weight excluding hydrogens is 362 g/mol. The van der Waals surface area contributed by atoms with Crippen molar-refractivity contribution in [3.8, 4) is 0 Å². The van der Waals surface area contributed by atoms with E-state index in [4.69, 9.17) is 4.74 Å². The van der Waals surface area contributed by atoms with E-state index in [2.05, 4.69) is 21.7 Å². The zero-order valence-corrected chi connectivity index (χ0v) is 16.2. The molecule has 0 bridgehead atoms. The van der Waals surface area contributed by atoms with Crippen molar-refractivity contribution in [1.82, 2.24) is 4.98 Å². The molecule has 2 N–H and O–H groups in total. The first-order chi connectivity index (χ1) is 13.0. The molecule has 0 fully saturated rings. The second-order valence-corrected chi connectivity index (χ2v) is 8.30. The molecule has 0 saturated heterocycles. The van der Waals surface area contributed by atoms with Crippen molar-refractivity contribution in [2.45, 2.75) is 11.4 Å². The highest BCUT2D eigenvalue weighted by molar-refractivity contribution is 7.90. The molecule has 0 atom stereocenters. The Bertz CT molecular complexity index is 1040. The fraction of sp³-hybridized carbons (Fsp3) is 0.250. The summed E-state index contributed by atoms with van der Waals surface area (Å²) in [5, 5.41) is 7.66. The van der Waals surface area contributed by atoms with Crippen molar-refractivity contribution in [3.63, 3.8) is 0 Å². The van der Waals surface area contributed by atoms with Crippen LogP contribution in [-0.2, 0) is 21.1 Å². The van der Waals surface area contributed by atoms with E-state index in [0.29, 0.717) is 19.7 Å². The Morgan fingerprint density at radius 2 is 1.85 bits per heavy atom. The molecule has 0 aliphatic carbocycles. The van der Waals surface area contributed by atoms with Gasteiger partial charge in [-0.2, -0.15) is 0 Å². The van der Waals surface area contributed by atoms with Crippen LogP contribution in [0.3, 0.4) is 0 Å². The molecule has 27 heavy (non-hydrogen) atoms. The number of sulfone groups is 1. The van der Waals surface area contributed by atoms with Gasteiger partial charge < -0.3 is 15.4 Å². The van der Waals surface area contributed by atoms with E-state index in [1.165, 1.54) is 6.26 Å². The van der Waals surface area contributed by atoms with Crippen LogP contribution in [0.15, 0.2) is 59.6 Å². The van der Waals surface area contributed by atoms with Crippen molar-refractivity contribution in [2.75, 3.05) is 37.2 Å². The van der Waals surface area contributed by atoms with Gasteiger partial charge in [0.05, 0.1) is 28.4 Å². The number of hydrogen-bond donors (Lipinski definition) is 2. The standard InChI is InChI=1S/C20H23N3O3S/c1-26-10-9-21-19-8-7-17(27(2,24)25)12-20(19)23-14-15-11-16-5-3-4-6-18(16)22-13-15/h3-8,11-13,21,23H,9-10,14H2,1-2H3. The Morgan fingerprint density at radius 1 is 1.04 bits per heavy atom. The fourth-order valence-corrected chi connectivity index (χ4v) is 3.40. The Balaban J connectivity index is 1.83. The number of rotatable bonds is 8. The zero-order chi connectivity index (χ0) is 19.3. The monoisotopic (exact) mass is 385 g/mol. The van der Waals surface area contributed by atoms with Crippen LogP contribution in [0.4, 0.5) is 11.4 Å². The van der Waals surface area contributed by atoms with Crippen molar-refractivity contribution < 1.29 is 13.2 Å². The first-order valence-electron chi connectivity index (χ1n) is 8.62. The Labute approximate surface area is 159 Å². The molecule has 1 aromatic heterocycles. The van der Waals surface area contributed by atoms with Gasteiger partial charge in [0, 0.05) is 38.0 Å². The molecule has 1 heterocycles. The number of anilines is 2. The lowest BCUT2D eigenvalue weighted by Crippen LogP contribution is -2.11. The molecule has 7 heteroatoms. The molecule has 0 aliphatic rings. The van der Waals surface area contributed by atoms with Gasteiger partial charge in [0.2, 0.25) is 0 Å². The van der Waals surface area contributed by atoms with Crippen LogP contribution in [0.1, 0.15) is 5.56 Å². The van der Waals surface area contributed by atoms with Crippen molar-refractivity contribution in [2.24, 2.45) is 0 Å². The summed E-state index contributed by atoms with van der Waals surface area (Å²) in [6.45, 7) is 1.72. The Morgan fingerprint density at radius 3 is 2.63 bits per heavy atom. The minimum absolute atomic E-state index is 0.277. The van der Waals surface area contributed by atoms with Crippen LogP contribution >= 0.6 is 0 Å². The number of pyridine rings is 1. The average Bonchev–Trinajstić information content (AvgIpc) is 2.66. The fourth-order valence-electron chi connectivity index (χ4n) is 2.75. The summed E-state index contributed by atoms with van der Waals surface area (Å²) in [5.74, 6) is 0. The topological polar surface area (TPSA) is 80.3 Å². The molecule has 0 unspecified atom stereocenters. The molecule has 0 radical (unpaired) electrons. The van der Waals surface area contributed by atoms with Crippen LogP contribution in [0.2, 0.25) is 0 Å². The van der Waals surface area contributed by atoms with E-state index >= 15 is 0 Å². The molecule has 0 amide bonds. The first-order valence-corrected chi connectivity index (χ1v) is 10.5. The summed E-state index contributed by atoms with van der Waals surface area (Å²) in [6, 6.07) is 15.0. The van der Waals surface area contributed by atoms with Gasteiger partial charge >= 0.3 is 0 Å². The van der Waals surface area contributed by atoms with Gasteiger partial charge in [-0.05, 0) is 35.9 Å². The second kappa shape index (κ2) is 8.37. The Hall–Kier alpha value is -2.64. The maximum Gasteiger partial charge on any atom is 0.175 e. The third-order valence-electron chi connectivity index (χ3n) is 4.17. The maximum atomic E-state index is 11.9. The van der Waals surface area contributed by atoms with Crippen LogP contribution in [0, 0.1) is 0 Å². The lowest BCUT2D eigenvalue weighted by molar-refractivity contribution is 0.211. The smallest absolute Gasteiger partial charge is 0.175 e. The van der Waals surface area contributed by atoms with E-state index in [1.807, 2.05) is 30.5 Å². The zero-order valence-electron chi connectivity index (χ0n) is 15.4. The quantitative estimate of drug-likeness (QED) is 0.579. The summed E-state index contributed by atoms with van der Waals surface area (Å²) < 4.78 is 28.9. The summed E-state index contributed by atoms with van der Waals surface area (Å²) in [5.41, 5.74) is 3.51. The molecule has 2 aromatic carbocycles. The molecule has 142 valence electrons. The third kappa shape index (κ3) is 4.96. The number of ether oxygens (including phenoxy) is 1. The van der Waals surface area contributed by atoms with Gasteiger partial charge in [0.1, 0.15) is 0 Å². The largest absolute Gasteiger partial charge is 0.383 e. The minimum Gasteiger partial charge on any atom is -0.383 e. The van der Waals surface area contributed by atoms with Gasteiger partial charge in [-0.25, -0.2) is 8.42 Å². The lowest BCUT2D eigenvalue weighted by atomic mass is 10.1. The minimum atomic E-state index is -3.28. The highest BCUT2D eigenvalue weighted by Gasteiger charge is 2.11. The van der Waals surface area contributed by atoms with E-state index in [9.17, 15) is 8.42 Å². The average molecular weight is 385 g/mol. The number of para-hydroxylation sites is 1. The molecule has 6 nitrogen and oxygen atoms in total. The van der Waals surface area contributed by atoms with E-state index in [-0.39, 0.29) is 4.90 Å². The molecule has 3 rings (SSSR count). The van der Waals surface area contributed by atoms with Crippen molar-refractivity contribution in [3.05, 3.63) is 60.3 Å². The summed E-state index contributed by atoms with van der Waals surface area (Å²) in [7, 11) is -1.64. The van der Waals surface area contributed by atoms with Gasteiger partial charge in [0.25, 0.3) is 0 Å². The molecule has 3 aromatic rings. The highest BCUT2D eigenvalue weighted by Crippen LogP contribution is 2.26. The number of aromatic nitrogens is 1. The third-order valence-corrected chi connectivity index (χ3v) is 5.28. The number of nitrogens with one attached hydrogen (secondary N) is 2. The number of nitrogens with zero attached hydrogens (tertiary/aromatic N) is 1. The molecule has 0 aliphatic heterocycles. The summed E-state index contributed by atoms with van der Waals surface area (Å²) in [4.78, 5) is 4.74. The maximum absolute atomic E-state index is 11.9. The van der Waals surface area contributed by atoms with E-state index in [0.717, 1.165) is 27.8 Å². The number of methoxy groups -OCH3 is 1. The van der Waals surface area contributed by atoms with Gasteiger partial charge in [-0.15, -0.1) is 0 Å². The van der Waals surface area contributed by atoms with Crippen LogP contribution in [0.25, 0.3) is 10.9 Å². The molecular formula is C20H23N3O3S. The molecule has 0 saturated carbocycles.